The summed E-state index contributed by atoms with van der Waals surface area (Å²) in [7, 11) is 1.71. The van der Waals surface area contributed by atoms with Crippen LogP contribution >= 0.6 is 0 Å². The van der Waals surface area contributed by atoms with Crippen molar-refractivity contribution in [3.8, 4) is 0 Å². The Labute approximate surface area is 37.2 Å². The Bertz CT molecular complexity index is 111. The number of aryl methyl sites for hydroxylation is 1. The van der Waals surface area contributed by atoms with Gasteiger partial charge in [-0.25, -0.2) is 0 Å². The third-order valence-corrected chi connectivity index (χ3v) is 0.663. The van der Waals surface area contributed by atoms with Crippen LogP contribution in [0.15, 0.2) is 16.7 Å². The summed E-state index contributed by atoms with van der Waals surface area (Å²) in [5.41, 5.74) is 1.18. The fraction of sp³-hybridized carbons (Fsp3) is 0.250. The van der Waals surface area contributed by atoms with Gasteiger partial charge in [0.15, 0.2) is 0 Å². The van der Waals surface area contributed by atoms with Crippen LogP contribution in [0.3, 0.4) is 0 Å². The molecule has 1 rings (SSSR count). The van der Waals surface area contributed by atoms with E-state index in [9.17, 15) is 0 Å². The van der Waals surface area contributed by atoms with Gasteiger partial charge in [-0.2, -0.15) is 0 Å². The zero-order valence-electron chi connectivity index (χ0n) is 3.64. The van der Waals surface area contributed by atoms with E-state index in [4.69, 9.17) is 4.33 Å². The zero-order chi connectivity index (χ0) is 4.41. The van der Waals surface area contributed by atoms with Crippen molar-refractivity contribution in [1.29, 1.82) is 0 Å². The molecule has 0 aromatic carbocycles. The average Bonchev–Trinajstić information content (AvgIpc) is 1.86. The van der Waals surface area contributed by atoms with Crippen molar-refractivity contribution in [2.45, 2.75) is 6.92 Å². The van der Waals surface area contributed by atoms with Crippen LogP contribution in [0.5, 0.6) is 0 Å². The second-order valence-corrected chi connectivity index (χ2v) is 1.30. The minimum absolute atomic E-state index is 1.18. The van der Waals surface area contributed by atoms with Gasteiger partial charge in [0.2, 0.25) is 0 Å². The molecule has 30 valence electrons. The molecule has 1 nitrogen and oxygen atoms in total. The molecule has 0 aliphatic rings. The van der Waals surface area contributed by atoms with Gasteiger partial charge < -0.3 is 0 Å². The van der Waals surface area contributed by atoms with Crippen LogP contribution in [0.25, 0.3) is 0 Å². The van der Waals surface area contributed by atoms with E-state index in [1.807, 2.05) is 13.0 Å². The third kappa shape index (κ3) is 0.508. The van der Waals surface area contributed by atoms with Gasteiger partial charge in [0, 0.05) is 0 Å². The Morgan fingerprint density at radius 2 is 2.67 bits per heavy atom. The first-order chi connectivity index (χ1) is 2.89. The van der Waals surface area contributed by atoms with E-state index in [-0.39, 0.29) is 0 Å². The molecule has 2 heteroatoms. The molecule has 0 radical (unpaired) electrons. The topological polar surface area (TPSA) is 13.1 Å². The van der Waals surface area contributed by atoms with Gasteiger partial charge in [0.25, 0.3) is 0 Å². The van der Waals surface area contributed by atoms with Crippen molar-refractivity contribution in [3.63, 3.8) is 0 Å². The summed E-state index contributed by atoms with van der Waals surface area (Å²) < 4.78 is 4.71. The van der Waals surface area contributed by atoms with Crippen LogP contribution in [-0.2, 0) is 0 Å². The molecule has 0 saturated carbocycles. The van der Waals surface area contributed by atoms with Crippen LogP contribution in [0.1, 0.15) is 5.46 Å². The molecule has 0 aliphatic heterocycles. The van der Waals surface area contributed by atoms with Crippen molar-refractivity contribution < 1.29 is 4.33 Å². The quantitative estimate of drug-likeness (QED) is 0.451. The summed E-state index contributed by atoms with van der Waals surface area (Å²) in [4.78, 5) is 0. The Hall–Kier alpha value is -0.525. The molecular weight excluding hydrogens is 74.9 g/mol. The van der Waals surface area contributed by atoms with E-state index in [0.717, 1.165) is 0 Å². The van der Waals surface area contributed by atoms with Crippen LogP contribution in [-0.4, -0.2) is 7.13 Å². The van der Waals surface area contributed by atoms with Crippen LogP contribution < -0.4 is 0 Å². The maximum absolute atomic E-state index is 4.71. The summed E-state index contributed by atoms with van der Waals surface area (Å²) in [6.45, 7) is 1.99. The first-order valence-electron chi connectivity index (χ1n) is 1.88. The van der Waals surface area contributed by atoms with Gasteiger partial charge in [-0.05, 0) is 0 Å². The van der Waals surface area contributed by atoms with Gasteiger partial charge in [-0.15, -0.1) is 0 Å². The van der Waals surface area contributed by atoms with Crippen molar-refractivity contribution in [2.24, 2.45) is 0 Å². The van der Waals surface area contributed by atoms with Crippen molar-refractivity contribution in [3.05, 3.63) is 17.8 Å². The first-order valence-corrected chi connectivity index (χ1v) is 1.88. The molecule has 1 aromatic rings. The van der Waals surface area contributed by atoms with Gasteiger partial charge >= 0.3 is 36.2 Å². The normalized spacial score (nSPS) is 8.17. The van der Waals surface area contributed by atoms with E-state index in [2.05, 4.69) is 0 Å². The second kappa shape index (κ2) is 1.29. The number of rotatable bonds is 0. The molecule has 0 amide bonds. The summed E-state index contributed by atoms with van der Waals surface area (Å²) in [6, 6.07) is 1.92. The summed E-state index contributed by atoms with van der Waals surface area (Å²) in [5, 5.41) is 0. The first kappa shape index (κ1) is 3.66. The molecule has 6 heavy (non-hydrogen) atoms. The Morgan fingerprint density at radius 3 is 2.83 bits per heavy atom. The molecule has 0 bridgehead atoms. The summed E-state index contributed by atoms with van der Waals surface area (Å²) in [6.07, 6.45) is 1.66. The molecular formula is C4H5BO. The van der Waals surface area contributed by atoms with E-state index in [1.54, 1.807) is 13.4 Å². The van der Waals surface area contributed by atoms with Crippen molar-refractivity contribution >= 4 is 7.13 Å². The monoisotopic (exact) mass is 80.0 g/mol. The van der Waals surface area contributed by atoms with Crippen LogP contribution in [0.4, 0.5) is 0 Å². The van der Waals surface area contributed by atoms with Gasteiger partial charge in [-0.3, -0.25) is 0 Å². The number of hydrogen-bond donors (Lipinski definition) is 0. The average molecular weight is 79.9 g/mol. The molecule has 0 fully saturated rings. The predicted molar refractivity (Wildman–Crippen MR) is 24.8 cm³/mol. The van der Waals surface area contributed by atoms with Gasteiger partial charge in [-0.1, -0.05) is 0 Å². The summed E-state index contributed by atoms with van der Waals surface area (Å²) >= 11 is 0. The second-order valence-electron chi connectivity index (χ2n) is 1.30. The third-order valence-electron chi connectivity index (χ3n) is 0.663. The Balaban J connectivity index is 3.05. The van der Waals surface area contributed by atoms with Gasteiger partial charge in [0.1, 0.15) is 0 Å². The van der Waals surface area contributed by atoms with E-state index < -0.39 is 0 Å². The van der Waals surface area contributed by atoms with Crippen LogP contribution in [0.2, 0.25) is 0 Å². The van der Waals surface area contributed by atoms with Gasteiger partial charge in [0.05, 0.1) is 0 Å². The molecule has 0 unspecified atom stereocenters. The molecule has 1 heterocycles. The molecule has 1 aromatic heterocycles. The predicted octanol–water partition coefficient (Wildman–Crippen LogP) is 0.926. The molecule has 0 atom stereocenters. The van der Waals surface area contributed by atoms with Crippen LogP contribution in [0, 0.1) is 6.92 Å². The van der Waals surface area contributed by atoms with E-state index in [1.165, 1.54) is 5.46 Å². The molecule has 0 aliphatic carbocycles. The Kier molecular flexibility index (Phi) is 0.786. The summed E-state index contributed by atoms with van der Waals surface area (Å²) in [5.74, 6) is 0. The van der Waals surface area contributed by atoms with E-state index in [0.29, 0.717) is 0 Å². The fourth-order valence-corrected chi connectivity index (χ4v) is 0.333. The van der Waals surface area contributed by atoms with Crippen molar-refractivity contribution in [2.75, 3.05) is 0 Å². The van der Waals surface area contributed by atoms with E-state index >= 15 is 0 Å². The zero-order valence-corrected chi connectivity index (χ0v) is 3.64. The SMILES string of the molecule is Cc1bocc1. The molecule has 0 saturated heterocycles. The minimum atomic E-state index is 1.18. The molecule has 0 spiro atoms. The fourth-order valence-electron chi connectivity index (χ4n) is 0.333. The van der Waals surface area contributed by atoms with Crippen molar-refractivity contribution in [1.82, 2.24) is 0 Å². The maximum atomic E-state index is 4.71. The number of hydrogen-bond acceptors (Lipinski definition) is 1. The standard InChI is InChI=1S/C4H5BO/c1-4-2-3-6-5-4/h2-3H,1H3. The molecule has 0 N–H and O–H groups in total. The Morgan fingerprint density at radius 1 is 1.83 bits per heavy atom.